The summed E-state index contributed by atoms with van der Waals surface area (Å²) in [7, 11) is 3.62. The number of hydrogen-bond acceptors (Lipinski definition) is 4. The molecule has 2 N–H and O–H groups in total. The molecule has 0 radical (unpaired) electrons. The number of anilines is 1. The van der Waals surface area contributed by atoms with Crippen LogP contribution in [0, 0.1) is 6.92 Å². The average molecular weight is 299 g/mol. The summed E-state index contributed by atoms with van der Waals surface area (Å²) in [6.45, 7) is 2.08. The number of nitrogens with two attached hydrogens (primary N) is 1. The maximum Gasteiger partial charge on any atom is 0.573 e. The average Bonchev–Trinajstić information content (AvgIpc) is 2.35. The minimum atomic E-state index is -4.72. The van der Waals surface area contributed by atoms with Gasteiger partial charge in [-0.25, -0.2) is 0 Å². The first-order valence-electron chi connectivity index (χ1n) is 6.29. The smallest absolute Gasteiger partial charge is 0.406 e. The first-order valence-corrected chi connectivity index (χ1v) is 6.29. The van der Waals surface area contributed by atoms with Gasteiger partial charge in [0, 0.05) is 37.3 Å². The minimum absolute atomic E-state index is 0.257. The number of pyridine rings is 1. The fraction of sp³-hybridized carbons (Fsp3) is 0.357. The van der Waals surface area contributed by atoms with Crippen molar-refractivity contribution in [3.05, 3.63) is 29.5 Å². The zero-order chi connectivity index (χ0) is 15.8. The molecule has 0 aliphatic rings. The van der Waals surface area contributed by atoms with Crippen molar-refractivity contribution in [2.45, 2.75) is 19.8 Å². The maximum atomic E-state index is 12.3. The number of ether oxygens (including phenoxy) is 1. The van der Waals surface area contributed by atoms with E-state index in [4.69, 9.17) is 5.73 Å². The molecule has 0 unspecified atom stereocenters. The van der Waals surface area contributed by atoms with Gasteiger partial charge in [-0.15, -0.1) is 13.2 Å². The lowest BCUT2D eigenvalue weighted by Crippen LogP contribution is -2.18. The molecule has 0 spiro atoms. The topological polar surface area (TPSA) is 51.4 Å². The van der Waals surface area contributed by atoms with Crippen LogP contribution in [0.1, 0.15) is 11.3 Å². The molecule has 114 valence electrons. The zero-order valence-electron chi connectivity index (χ0n) is 12.0. The van der Waals surface area contributed by atoms with Crippen LogP contribution in [-0.2, 0) is 6.54 Å². The van der Waals surface area contributed by atoms with Crippen LogP contribution in [0.3, 0.4) is 0 Å². The van der Waals surface area contributed by atoms with Crippen molar-refractivity contribution in [3.63, 3.8) is 0 Å². The van der Waals surface area contributed by atoms with E-state index in [1.165, 1.54) is 18.2 Å². The maximum absolute atomic E-state index is 12.3. The third-order valence-corrected chi connectivity index (χ3v) is 3.12. The van der Waals surface area contributed by atoms with Gasteiger partial charge in [-0.1, -0.05) is 0 Å². The van der Waals surface area contributed by atoms with Crippen LogP contribution in [0.2, 0.25) is 0 Å². The summed E-state index contributed by atoms with van der Waals surface area (Å²) >= 11 is 0. The highest BCUT2D eigenvalue weighted by molar-refractivity contribution is 5.94. The van der Waals surface area contributed by atoms with Gasteiger partial charge in [-0.05, 0) is 25.1 Å². The molecule has 21 heavy (non-hydrogen) atoms. The van der Waals surface area contributed by atoms with Crippen molar-refractivity contribution in [1.82, 2.24) is 4.98 Å². The highest BCUT2D eigenvalue weighted by Gasteiger charge is 2.31. The van der Waals surface area contributed by atoms with E-state index in [9.17, 15) is 13.2 Å². The number of hydrogen-bond donors (Lipinski definition) is 1. The molecule has 7 heteroatoms. The first-order chi connectivity index (χ1) is 9.73. The van der Waals surface area contributed by atoms with Crippen LogP contribution >= 0.6 is 0 Å². The Balaban J connectivity index is 2.69. The molecule has 0 fully saturated rings. The highest BCUT2D eigenvalue weighted by atomic mass is 19.4. The number of rotatable bonds is 3. The third kappa shape index (κ3) is 3.18. The van der Waals surface area contributed by atoms with Gasteiger partial charge >= 0.3 is 6.36 Å². The van der Waals surface area contributed by atoms with Gasteiger partial charge in [0.1, 0.15) is 5.75 Å². The van der Waals surface area contributed by atoms with Crippen LogP contribution in [0.5, 0.6) is 5.75 Å². The van der Waals surface area contributed by atoms with Crippen molar-refractivity contribution in [3.8, 4) is 5.75 Å². The molecular formula is C14H16F3N3O. The van der Waals surface area contributed by atoms with E-state index >= 15 is 0 Å². The van der Waals surface area contributed by atoms with Crippen molar-refractivity contribution in [1.29, 1.82) is 0 Å². The van der Waals surface area contributed by atoms with Crippen molar-refractivity contribution in [2.24, 2.45) is 5.73 Å². The fourth-order valence-electron chi connectivity index (χ4n) is 2.34. The van der Waals surface area contributed by atoms with Crippen LogP contribution in [-0.4, -0.2) is 25.4 Å². The molecule has 0 saturated carbocycles. The van der Waals surface area contributed by atoms with Gasteiger partial charge in [0.2, 0.25) is 0 Å². The van der Waals surface area contributed by atoms with Crippen LogP contribution < -0.4 is 15.4 Å². The number of aryl methyl sites for hydroxylation is 1. The SMILES string of the molecule is Cc1nc2ccc(OC(F)(F)F)cc2c(N(C)C)c1CN. The van der Waals surface area contributed by atoms with E-state index in [0.29, 0.717) is 10.9 Å². The number of benzene rings is 1. The quantitative estimate of drug-likeness (QED) is 0.946. The van der Waals surface area contributed by atoms with E-state index in [1.807, 2.05) is 25.9 Å². The normalized spacial score (nSPS) is 11.8. The van der Waals surface area contributed by atoms with E-state index in [0.717, 1.165) is 16.9 Å². The molecule has 1 aromatic carbocycles. The van der Waals surface area contributed by atoms with E-state index in [-0.39, 0.29) is 12.3 Å². The Morgan fingerprint density at radius 2 is 1.95 bits per heavy atom. The van der Waals surface area contributed by atoms with Gasteiger partial charge in [0.25, 0.3) is 0 Å². The van der Waals surface area contributed by atoms with Gasteiger partial charge < -0.3 is 15.4 Å². The lowest BCUT2D eigenvalue weighted by molar-refractivity contribution is -0.274. The second-order valence-corrected chi connectivity index (χ2v) is 4.85. The lowest BCUT2D eigenvalue weighted by atomic mass is 10.0. The Bertz CT molecular complexity index is 669. The van der Waals surface area contributed by atoms with E-state index in [2.05, 4.69) is 9.72 Å². The van der Waals surface area contributed by atoms with Crippen molar-refractivity contribution < 1.29 is 17.9 Å². The van der Waals surface area contributed by atoms with Gasteiger partial charge in [-0.2, -0.15) is 0 Å². The summed E-state index contributed by atoms with van der Waals surface area (Å²) in [6.07, 6.45) is -4.72. The molecule has 0 aliphatic carbocycles. The number of alkyl halides is 3. The molecule has 1 heterocycles. The Kier molecular flexibility index (Phi) is 3.95. The Labute approximate surface area is 120 Å². The molecule has 2 rings (SSSR count). The molecule has 0 aliphatic heterocycles. The van der Waals surface area contributed by atoms with E-state index in [1.54, 1.807) is 0 Å². The van der Waals surface area contributed by atoms with Crippen LogP contribution in [0.4, 0.5) is 18.9 Å². The van der Waals surface area contributed by atoms with Crippen LogP contribution in [0.15, 0.2) is 18.2 Å². The summed E-state index contributed by atoms with van der Waals surface area (Å²) in [6, 6.07) is 4.10. The summed E-state index contributed by atoms with van der Waals surface area (Å²) in [4.78, 5) is 6.20. The molecular weight excluding hydrogens is 283 g/mol. The van der Waals surface area contributed by atoms with E-state index < -0.39 is 6.36 Å². The first kappa shape index (κ1) is 15.4. The minimum Gasteiger partial charge on any atom is -0.406 e. The van der Waals surface area contributed by atoms with Gasteiger partial charge in [-0.3, -0.25) is 4.98 Å². The standard InChI is InChI=1S/C14H16F3N3O/c1-8-11(7-18)13(20(2)3)10-6-9(21-14(15,16)17)4-5-12(10)19-8/h4-6H,7,18H2,1-3H3. The fourth-order valence-corrected chi connectivity index (χ4v) is 2.34. The predicted octanol–water partition coefficient (Wildman–Crippen LogP) is 2.97. The second-order valence-electron chi connectivity index (χ2n) is 4.85. The highest BCUT2D eigenvalue weighted by Crippen LogP contribution is 2.34. The monoisotopic (exact) mass is 299 g/mol. The molecule has 0 saturated heterocycles. The Morgan fingerprint density at radius 3 is 2.48 bits per heavy atom. The number of halogens is 3. The Hall–Kier alpha value is -2.02. The van der Waals surface area contributed by atoms with Crippen molar-refractivity contribution >= 4 is 16.6 Å². The third-order valence-electron chi connectivity index (χ3n) is 3.12. The van der Waals surface area contributed by atoms with Gasteiger partial charge in [0.15, 0.2) is 0 Å². The predicted molar refractivity (Wildman–Crippen MR) is 75.4 cm³/mol. The molecule has 4 nitrogen and oxygen atoms in total. The summed E-state index contributed by atoms with van der Waals surface area (Å²) in [5.41, 5.74) is 8.66. The molecule has 0 bridgehead atoms. The molecule has 0 amide bonds. The summed E-state index contributed by atoms with van der Waals surface area (Å²) in [5, 5.41) is 0.577. The van der Waals surface area contributed by atoms with Gasteiger partial charge in [0.05, 0.1) is 11.2 Å². The van der Waals surface area contributed by atoms with Crippen LogP contribution in [0.25, 0.3) is 10.9 Å². The zero-order valence-corrected chi connectivity index (χ0v) is 12.0. The second kappa shape index (κ2) is 5.40. The number of aromatic nitrogens is 1. The van der Waals surface area contributed by atoms with Crippen molar-refractivity contribution in [2.75, 3.05) is 19.0 Å². The largest absolute Gasteiger partial charge is 0.573 e. The molecule has 1 aromatic heterocycles. The summed E-state index contributed by atoms with van der Waals surface area (Å²) in [5.74, 6) is -0.272. The molecule has 2 aromatic rings. The number of nitrogens with zero attached hydrogens (tertiary/aromatic N) is 2. The number of fused-ring (bicyclic) bond motifs is 1. The summed E-state index contributed by atoms with van der Waals surface area (Å²) < 4.78 is 41.0. The molecule has 0 atom stereocenters. The lowest BCUT2D eigenvalue weighted by Gasteiger charge is -2.21. The Morgan fingerprint density at radius 1 is 1.29 bits per heavy atom.